The Balaban J connectivity index is 1.34. The van der Waals surface area contributed by atoms with E-state index in [0.29, 0.717) is 29.2 Å². The smallest absolute Gasteiger partial charge is 0.238 e. The molecule has 2 aliphatic rings. The number of rotatable bonds is 7. The second-order valence-electron chi connectivity index (χ2n) is 7.53. The summed E-state index contributed by atoms with van der Waals surface area (Å²) < 4.78 is 30.9. The van der Waals surface area contributed by atoms with Crippen molar-refractivity contribution in [3.8, 4) is 11.6 Å². The van der Waals surface area contributed by atoms with Gasteiger partial charge in [-0.25, -0.2) is 23.2 Å². The lowest BCUT2D eigenvalue weighted by atomic mass is 10.3. The molecule has 1 aromatic carbocycles. The van der Waals surface area contributed by atoms with Crippen molar-refractivity contribution in [2.24, 2.45) is 5.14 Å². The summed E-state index contributed by atoms with van der Waals surface area (Å²) >= 11 is 0. The van der Waals surface area contributed by atoms with Gasteiger partial charge >= 0.3 is 0 Å². The van der Waals surface area contributed by atoms with Gasteiger partial charge in [0.25, 0.3) is 0 Å². The Morgan fingerprint density at radius 1 is 1.07 bits per heavy atom. The molecule has 0 bridgehead atoms. The van der Waals surface area contributed by atoms with Crippen LogP contribution in [0.15, 0.2) is 53.6 Å². The van der Waals surface area contributed by atoms with Crippen molar-refractivity contribution < 1.29 is 13.2 Å². The van der Waals surface area contributed by atoms with Gasteiger partial charge in [0.1, 0.15) is 11.6 Å². The van der Waals surface area contributed by atoms with Crippen LogP contribution in [0.1, 0.15) is 43.3 Å². The van der Waals surface area contributed by atoms with Crippen molar-refractivity contribution in [1.29, 1.82) is 0 Å². The number of hydrogen-bond acceptors (Lipinski definition) is 6. The molecule has 5 rings (SSSR count). The maximum atomic E-state index is 11.4. The maximum absolute atomic E-state index is 11.4. The highest BCUT2D eigenvalue weighted by Crippen LogP contribution is 2.44. The fourth-order valence-electron chi connectivity index (χ4n) is 3.17. The largest absolute Gasteiger partial charge is 0.439 e. The maximum Gasteiger partial charge on any atom is 0.238 e. The van der Waals surface area contributed by atoms with Crippen molar-refractivity contribution in [2.75, 3.05) is 5.32 Å². The molecular weight excluding hydrogens is 390 g/mol. The zero-order valence-corrected chi connectivity index (χ0v) is 16.5. The minimum absolute atomic E-state index is 0.0629. The monoisotopic (exact) mass is 411 g/mol. The average Bonchev–Trinajstić information content (AvgIpc) is 3.61. The number of nitrogens with zero attached hydrogens (tertiary/aromatic N) is 3. The quantitative estimate of drug-likeness (QED) is 0.613. The molecule has 2 fully saturated rings. The van der Waals surface area contributed by atoms with Crippen LogP contribution in [0.25, 0.3) is 0 Å². The number of nitrogens with one attached hydrogen (secondary N) is 1. The molecule has 0 unspecified atom stereocenters. The predicted molar refractivity (Wildman–Crippen MR) is 108 cm³/mol. The lowest BCUT2D eigenvalue weighted by Gasteiger charge is -2.10. The molecule has 0 saturated heterocycles. The van der Waals surface area contributed by atoms with E-state index in [4.69, 9.17) is 15.0 Å². The molecule has 2 aliphatic carbocycles. The van der Waals surface area contributed by atoms with Gasteiger partial charge < -0.3 is 10.1 Å². The Labute approximate surface area is 168 Å². The van der Waals surface area contributed by atoms with E-state index in [2.05, 4.69) is 16.4 Å². The Kier molecular flexibility index (Phi) is 4.29. The number of hydrogen-bond donors (Lipinski definition) is 2. The molecule has 0 amide bonds. The lowest BCUT2D eigenvalue weighted by molar-refractivity contribution is 0.412. The van der Waals surface area contributed by atoms with Crippen LogP contribution in [0.5, 0.6) is 11.6 Å². The summed E-state index contributed by atoms with van der Waals surface area (Å²) in [5.41, 5.74) is 1.82. The predicted octanol–water partition coefficient (Wildman–Crippen LogP) is 3.67. The van der Waals surface area contributed by atoms with Crippen LogP contribution in [-0.4, -0.2) is 23.2 Å². The van der Waals surface area contributed by atoms with Crippen LogP contribution in [0.3, 0.4) is 0 Å². The molecule has 2 aromatic heterocycles. The molecule has 2 saturated carbocycles. The highest BCUT2D eigenvalue weighted by Gasteiger charge is 2.32. The van der Waals surface area contributed by atoms with Crippen molar-refractivity contribution in [1.82, 2.24) is 14.8 Å². The molecule has 3 aromatic rings. The van der Waals surface area contributed by atoms with Crippen molar-refractivity contribution in [3.63, 3.8) is 0 Å². The second kappa shape index (κ2) is 6.85. The third kappa shape index (κ3) is 4.10. The fraction of sp³-hybridized carbons (Fsp3) is 0.300. The average molecular weight is 411 g/mol. The Hall–Kier alpha value is -2.91. The van der Waals surface area contributed by atoms with E-state index in [1.807, 2.05) is 4.68 Å². The van der Waals surface area contributed by atoms with Crippen LogP contribution < -0.4 is 15.2 Å². The highest BCUT2D eigenvalue weighted by atomic mass is 32.2. The summed E-state index contributed by atoms with van der Waals surface area (Å²) in [6.45, 7) is 0. The topological polar surface area (TPSA) is 112 Å². The standard InChI is InChI=1S/C20H21N5O3S/c21-29(26,27)17-7-3-14(4-8-17)23-19-11-16(9-10-22-19)28-20-12-18(13-1-2-13)24-25(20)15-5-6-15/h3-4,7-13,15H,1-2,5-6H2,(H,22,23)(H2,21,26,27). The van der Waals surface area contributed by atoms with E-state index in [9.17, 15) is 8.42 Å². The van der Waals surface area contributed by atoms with Crippen molar-refractivity contribution in [2.45, 2.75) is 42.5 Å². The summed E-state index contributed by atoms with van der Waals surface area (Å²) in [6.07, 6.45) is 6.35. The van der Waals surface area contributed by atoms with E-state index in [1.165, 1.54) is 25.0 Å². The van der Waals surface area contributed by atoms with Gasteiger partial charge in [0.2, 0.25) is 15.9 Å². The van der Waals surface area contributed by atoms with Crippen LogP contribution >= 0.6 is 0 Å². The van der Waals surface area contributed by atoms with E-state index in [-0.39, 0.29) is 4.90 Å². The first-order chi connectivity index (χ1) is 14.0. The zero-order chi connectivity index (χ0) is 20.0. The van der Waals surface area contributed by atoms with Gasteiger partial charge in [-0.2, -0.15) is 5.10 Å². The molecule has 0 spiro atoms. The van der Waals surface area contributed by atoms with Crippen LogP contribution in [0.2, 0.25) is 0 Å². The first kappa shape index (κ1) is 18.1. The molecule has 8 nitrogen and oxygen atoms in total. The zero-order valence-electron chi connectivity index (χ0n) is 15.7. The number of sulfonamides is 1. The minimum Gasteiger partial charge on any atom is -0.439 e. The van der Waals surface area contributed by atoms with Crippen LogP contribution in [0.4, 0.5) is 11.5 Å². The van der Waals surface area contributed by atoms with Gasteiger partial charge in [0.05, 0.1) is 16.6 Å². The number of pyridine rings is 1. The number of nitrogens with two attached hydrogens (primary N) is 1. The van der Waals surface area contributed by atoms with Gasteiger partial charge in [-0.1, -0.05) is 0 Å². The third-order valence-corrected chi connectivity index (χ3v) is 5.95. The van der Waals surface area contributed by atoms with Gasteiger partial charge in [0, 0.05) is 29.9 Å². The molecule has 0 radical (unpaired) electrons. The number of anilines is 2. The van der Waals surface area contributed by atoms with E-state index in [0.717, 1.165) is 24.4 Å². The molecule has 29 heavy (non-hydrogen) atoms. The minimum atomic E-state index is -3.71. The fourth-order valence-corrected chi connectivity index (χ4v) is 3.69. The molecular formula is C20H21N5O3S. The Morgan fingerprint density at radius 3 is 2.48 bits per heavy atom. The van der Waals surface area contributed by atoms with Gasteiger partial charge in [-0.15, -0.1) is 0 Å². The summed E-state index contributed by atoms with van der Waals surface area (Å²) in [4.78, 5) is 4.37. The second-order valence-corrected chi connectivity index (χ2v) is 9.09. The number of aromatic nitrogens is 3. The Bertz CT molecular complexity index is 1150. The first-order valence-electron chi connectivity index (χ1n) is 9.59. The molecule has 3 N–H and O–H groups in total. The van der Waals surface area contributed by atoms with Gasteiger partial charge in [-0.05, 0) is 56.0 Å². The third-order valence-electron chi connectivity index (χ3n) is 5.02. The van der Waals surface area contributed by atoms with Gasteiger partial charge in [-0.3, -0.25) is 0 Å². The normalized spacial score (nSPS) is 16.6. The number of benzene rings is 1. The summed E-state index contributed by atoms with van der Waals surface area (Å²) in [5.74, 6) is 2.59. The van der Waals surface area contributed by atoms with Crippen LogP contribution in [-0.2, 0) is 10.0 Å². The number of ether oxygens (including phenoxy) is 1. The highest BCUT2D eigenvalue weighted by molar-refractivity contribution is 7.89. The van der Waals surface area contributed by atoms with E-state index < -0.39 is 10.0 Å². The van der Waals surface area contributed by atoms with Gasteiger partial charge in [0.15, 0.2) is 0 Å². The SMILES string of the molecule is NS(=O)(=O)c1ccc(Nc2cc(Oc3cc(C4CC4)nn3C3CC3)ccn2)cc1. The van der Waals surface area contributed by atoms with Crippen molar-refractivity contribution in [3.05, 3.63) is 54.4 Å². The first-order valence-corrected chi connectivity index (χ1v) is 11.1. The molecule has 0 aliphatic heterocycles. The summed E-state index contributed by atoms with van der Waals surface area (Å²) in [7, 11) is -3.71. The van der Waals surface area contributed by atoms with E-state index >= 15 is 0 Å². The number of primary sulfonamides is 1. The summed E-state index contributed by atoms with van der Waals surface area (Å²) in [5, 5.41) is 13.0. The summed E-state index contributed by atoms with van der Waals surface area (Å²) in [6, 6.07) is 12.3. The lowest BCUT2D eigenvalue weighted by Crippen LogP contribution is -2.11. The molecule has 0 atom stereocenters. The molecule has 2 heterocycles. The molecule has 150 valence electrons. The van der Waals surface area contributed by atoms with Crippen LogP contribution in [0, 0.1) is 0 Å². The Morgan fingerprint density at radius 2 is 1.83 bits per heavy atom. The van der Waals surface area contributed by atoms with E-state index in [1.54, 1.807) is 30.5 Å². The van der Waals surface area contributed by atoms with Crippen molar-refractivity contribution >= 4 is 21.5 Å². The molecule has 9 heteroatoms.